The molecule has 0 aliphatic carbocycles. The van der Waals surface area contributed by atoms with Gasteiger partial charge in [0, 0.05) is 31.1 Å². The Kier molecular flexibility index (Phi) is 4.13. The van der Waals surface area contributed by atoms with Gasteiger partial charge in [-0.15, -0.1) is 0 Å². The van der Waals surface area contributed by atoms with Crippen molar-refractivity contribution < 1.29 is 19.4 Å². The van der Waals surface area contributed by atoms with Gasteiger partial charge in [-0.05, 0) is 51.0 Å². The second-order valence-electron chi connectivity index (χ2n) is 7.78. The number of carboxylic acid groups (broad SMARTS) is 1. The third-order valence-corrected chi connectivity index (χ3v) is 4.78. The van der Waals surface area contributed by atoms with Gasteiger partial charge in [0.05, 0.1) is 11.1 Å². The molecule has 1 aromatic carbocycles. The summed E-state index contributed by atoms with van der Waals surface area (Å²) in [6.45, 7) is 8.11. The van der Waals surface area contributed by atoms with E-state index < -0.39 is 17.5 Å². The quantitative estimate of drug-likeness (QED) is 0.723. The van der Waals surface area contributed by atoms with Gasteiger partial charge in [-0.2, -0.15) is 0 Å². The van der Waals surface area contributed by atoms with Crippen molar-refractivity contribution in [3.05, 3.63) is 34.9 Å². The fourth-order valence-electron chi connectivity index (χ4n) is 3.51. The summed E-state index contributed by atoms with van der Waals surface area (Å²) in [5.41, 5.74) is 0.867. The third-order valence-electron chi connectivity index (χ3n) is 4.78. The Labute approximate surface area is 141 Å². The van der Waals surface area contributed by atoms with Crippen molar-refractivity contribution >= 4 is 11.9 Å². The first-order valence-corrected chi connectivity index (χ1v) is 8.24. The summed E-state index contributed by atoms with van der Waals surface area (Å²) in [6.07, 6.45) is 0.660. The van der Waals surface area contributed by atoms with E-state index in [0.717, 1.165) is 25.2 Å². The molecule has 0 spiro atoms. The van der Waals surface area contributed by atoms with Crippen molar-refractivity contribution in [2.45, 2.75) is 38.8 Å². The van der Waals surface area contributed by atoms with Crippen molar-refractivity contribution in [3.63, 3.8) is 0 Å². The van der Waals surface area contributed by atoms with Crippen LogP contribution in [-0.4, -0.2) is 48.3 Å². The third kappa shape index (κ3) is 3.16. The Morgan fingerprint density at radius 1 is 1.33 bits per heavy atom. The zero-order valence-electron chi connectivity index (χ0n) is 14.3. The molecule has 0 bridgehead atoms. The molecule has 0 aromatic heterocycles. The van der Waals surface area contributed by atoms with E-state index in [1.165, 1.54) is 6.07 Å². The number of nitrogens with one attached hydrogen (secondary N) is 2. The zero-order chi connectivity index (χ0) is 17.5. The first kappa shape index (κ1) is 16.9. The Balaban J connectivity index is 1.93. The zero-order valence-corrected chi connectivity index (χ0v) is 14.3. The van der Waals surface area contributed by atoms with E-state index in [4.69, 9.17) is 4.74 Å². The maximum absolute atomic E-state index is 12.5. The van der Waals surface area contributed by atoms with E-state index in [1.54, 1.807) is 12.1 Å². The molecule has 0 amide bonds. The van der Waals surface area contributed by atoms with Gasteiger partial charge < -0.3 is 20.5 Å². The van der Waals surface area contributed by atoms with Crippen molar-refractivity contribution in [1.29, 1.82) is 0 Å². The Bertz CT molecular complexity index is 680. The van der Waals surface area contributed by atoms with E-state index in [0.29, 0.717) is 18.0 Å². The van der Waals surface area contributed by atoms with Crippen LogP contribution < -0.4 is 10.6 Å². The number of ether oxygens (including phenoxy) is 1. The summed E-state index contributed by atoms with van der Waals surface area (Å²) in [6, 6.07) is 5.03. The predicted molar refractivity (Wildman–Crippen MR) is 89.4 cm³/mol. The normalized spacial score (nSPS) is 25.7. The van der Waals surface area contributed by atoms with Crippen LogP contribution in [0.5, 0.6) is 0 Å². The molecule has 24 heavy (non-hydrogen) atoms. The summed E-state index contributed by atoms with van der Waals surface area (Å²) in [4.78, 5) is 23.9. The smallest absolute Gasteiger partial charge is 0.338 e. The van der Waals surface area contributed by atoms with Gasteiger partial charge in [-0.25, -0.2) is 9.59 Å². The second-order valence-corrected chi connectivity index (χ2v) is 7.78. The molecule has 0 unspecified atom stereocenters. The summed E-state index contributed by atoms with van der Waals surface area (Å²) in [5, 5.41) is 16.0. The van der Waals surface area contributed by atoms with E-state index in [9.17, 15) is 14.7 Å². The van der Waals surface area contributed by atoms with Gasteiger partial charge in [0.2, 0.25) is 0 Å². The molecule has 2 fully saturated rings. The summed E-state index contributed by atoms with van der Waals surface area (Å²) >= 11 is 0. The molecule has 6 nitrogen and oxygen atoms in total. The minimum atomic E-state index is -0.989. The molecule has 3 rings (SSSR count). The lowest BCUT2D eigenvalue weighted by molar-refractivity contribution is 0.00665. The molecule has 6 heteroatoms. The number of hydrogen-bond donors (Lipinski definition) is 3. The van der Waals surface area contributed by atoms with E-state index in [2.05, 4.69) is 10.6 Å². The second kappa shape index (κ2) is 5.86. The van der Waals surface area contributed by atoms with Gasteiger partial charge in [-0.3, -0.25) is 0 Å². The highest BCUT2D eigenvalue weighted by molar-refractivity contribution is 5.94. The van der Waals surface area contributed by atoms with E-state index in [1.807, 2.05) is 20.8 Å². The molecule has 1 aromatic rings. The largest absolute Gasteiger partial charge is 0.478 e. The van der Waals surface area contributed by atoms with Crippen LogP contribution in [0.15, 0.2) is 18.2 Å². The van der Waals surface area contributed by atoms with Crippen molar-refractivity contribution in [1.82, 2.24) is 10.6 Å². The fraction of sp³-hybridized carbons (Fsp3) is 0.556. The maximum Gasteiger partial charge on any atom is 0.338 e. The van der Waals surface area contributed by atoms with Crippen LogP contribution in [0.2, 0.25) is 0 Å². The number of carboxylic acids is 1. The molecule has 2 atom stereocenters. The first-order chi connectivity index (χ1) is 11.2. The van der Waals surface area contributed by atoms with E-state index in [-0.39, 0.29) is 11.0 Å². The van der Waals surface area contributed by atoms with Crippen LogP contribution in [0.4, 0.5) is 0 Å². The van der Waals surface area contributed by atoms with Crippen LogP contribution >= 0.6 is 0 Å². The summed E-state index contributed by atoms with van der Waals surface area (Å²) in [5.74, 6) is -1.39. The van der Waals surface area contributed by atoms with Crippen LogP contribution in [-0.2, 0) is 11.2 Å². The molecular weight excluding hydrogens is 308 g/mol. The molecule has 2 saturated heterocycles. The predicted octanol–water partition coefficient (Wildman–Crippen LogP) is 1.44. The number of benzene rings is 1. The highest BCUT2D eigenvalue weighted by atomic mass is 16.6. The van der Waals surface area contributed by atoms with Crippen molar-refractivity contribution in [2.75, 3.05) is 19.6 Å². The monoisotopic (exact) mass is 332 g/mol. The molecule has 2 aliphatic rings. The highest BCUT2D eigenvalue weighted by Gasteiger charge is 2.50. The SMILES string of the molecule is CC(C)(C)OC(=O)c1ccc(C(=O)O)cc1C[C@]12CNC[C@H]1NC2. The minimum absolute atomic E-state index is 0.0495. The standard InChI is InChI=1S/C18H24N2O4/c1-17(2,3)24-16(23)13-5-4-11(15(21)22)6-12(13)7-18-9-19-8-14(18)20-10-18/h4-6,14,19-20H,7-10H2,1-3H3,(H,21,22)/t14-,18-/m1/s1. The van der Waals surface area contributed by atoms with E-state index >= 15 is 0 Å². The topological polar surface area (TPSA) is 87.7 Å². The van der Waals surface area contributed by atoms with Crippen molar-refractivity contribution in [2.24, 2.45) is 5.41 Å². The number of fused-ring (bicyclic) bond motifs is 1. The Morgan fingerprint density at radius 3 is 2.62 bits per heavy atom. The number of carbonyl (C=O) groups is 2. The van der Waals surface area contributed by atoms with Crippen LogP contribution in [0, 0.1) is 5.41 Å². The highest BCUT2D eigenvalue weighted by Crippen LogP contribution is 2.37. The molecule has 130 valence electrons. The summed E-state index contributed by atoms with van der Waals surface area (Å²) in [7, 11) is 0. The van der Waals surface area contributed by atoms with Gasteiger partial charge >= 0.3 is 11.9 Å². The maximum atomic E-state index is 12.5. The lowest BCUT2D eigenvalue weighted by Crippen LogP contribution is -2.62. The number of esters is 1. The number of aromatic carboxylic acids is 1. The number of carbonyl (C=O) groups excluding carboxylic acids is 1. The van der Waals surface area contributed by atoms with Crippen LogP contribution in [0.1, 0.15) is 47.1 Å². The van der Waals surface area contributed by atoms with Crippen LogP contribution in [0.3, 0.4) is 0 Å². The average molecular weight is 332 g/mol. The number of hydrogen-bond acceptors (Lipinski definition) is 5. The molecule has 0 radical (unpaired) electrons. The minimum Gasteiger partial charge on any atom is -0.478 e. The van der Waals surface area contributed by atoms with Gasteiger partial charge in [0.15, 0.2) is 0 Å². The molecule has 0 saturated carbocycles. The fourth-order valence-corrected chi connectivity index (χ4v) is 3.51. The van der Waals surface area contributed by atoms with Gasteiger partial charge in [0.25, 0.3) is 0 Å². The van der Waals surface area contributed by atoms with Crippen molar-refractivity contribution in [3.8, 4) is 0 Å². The lowest BCUT2D eigenvalue weighted by Gasteiger charge is -2.45. The Morgan fingerprint density at radius 2 is 2.08 bits per heavy atom. The molecule has 3 N–H and O–H groups in total. The van der Waals surface area contributed by atoms with Gasteiger partial charge in [0.1, 0.15) is 5.60 Å². The first-order valence-electron chi connectivity index (χ1n) is 8.24. The molecule has 2 heterocycles. The Hall–Kier alpha value is -1.92. The molecular formula is C18H24N2O4. The van der Waals surface area contributed by atoms with Gasteiger partial charge in [-0.1, -0.05) is 0 Å². The number of rotatable bonds is 4. The lowest BCUT2D eigenvalue weighted by atomic mass is 9.71. The average Bonchev–Trinajstić information content (AvgIpc) is 2.73. The summed E-state index contributed by atoms with van der Waals surface area (Å²) < 4.78 is 5.49. The van der Waals surface area contributed by atoms with Crippen LogP contribution in [0.25, 0.3) is 0 Å². The molecule has 2 aliphatic heterocycles.